The van der Waals surface area contributed by atoms with Gasteiger partial charge in [0.1, 0.15) is 11.6 Å². The molecule has 164 valence electrons. The maximum absolute atomic E-state index is 12.1. The number of nitrogens with zero attached hydrogens (tertiary/aromatic N) is 4. The Bertz CT molecular complexity index is 1290. The van der Waals surface area contributed by atoms with Crippen LogP contribution >= 0.6 is 0 Å². The molecule has 1 aliphatic carbocycles. The minimum atomic E-state index is -1.53. The van der Waals surface area contributed by atoms with Crippen molar-refractivity contribution in [1.29, 1.82) is 15.9 Å². The maximum Gasteiger partial charge on any atom is 0.269 e. The van der Waals surface area contributed by atoms with E-state index in [4.69, 9.17) is 5.41 Å². The molecule has 0 radical (unpaired) electrons. The van der Waals surface area contributed by atoms with Crippen molar-refractivity contribution in [3.8, 4) is 12.1 Å². The highest BCUT2D eigenvalue weighted by molar-refractivity contribution is 5.71. The number of nitrogens with one attached hydrogen (secondary N) is 2. The number of pyridine rings is 1. The van der Waals surface area contributed by atoms with Crippen LogP contribution in [0.3, 0.4) is 0 Å². The second-order valence-electron chi connectivity index (χ2n) is 8.26. The van der Waals surface area contributed by atoms with Crippen LogP contribution in [0.4, 0.5) is 5.69 Å². The van der Waals surface area contributed by atoms with Crippen LogP contribution < -0.4 is 9.88 Å². The van der Waals surface area contributed by atoms with Gasteiger partial charge in [0.2, 0.25) is 11.8 Å². The molecule has 1 fully saturated rings. The molecule has 3 N–H and O–H groups in total. The molecule has 2 aromatic rings. The molecule has 3 atom stereocenters. The quantitative estimate of drug-likeness (QED) is 0.213. The van der Waals surface area contributed by atoms with Crippen molar-refractivity contribution in [3.63, 3.8) is 0 Å². The van der Waals surface area contributed by atoms with E-state index >= 15 is 0 Å². The average molecular weight is 441 g/mol. The number of nitriles is 2. The zero-order valence-corrected chi connectivity index (χ0v) is 17.8. The van der Waals surface area contributed by atoms with Gasteiger partial charge in [-0.15, -0.1) is 0 Å². The van der Waals surface area contributed by atoms with Crippen LogP contribution in [-0.4, -0.2) is 21.6 Å². The molecule has 1 aromatic heterocycles. The molecule has 0 unspecified atom stereocenters. The Labute approximate surface area is 190 Å². The molecule has 1 saturated carbocycles. The van der Waals surface area contributed by atoms with Crippen LogP contribution in [0, 0.1) is 51.0 Å². The Balaban J connectivity index is 2.04. The fourth-order valence-electron chi connectivity index (χ4n) is 4.62. The van der Waals surface area contributed by atoms with Crippen molar-refractivity contribution in [3.05, 3.63) is 86.9 Å². The number of hydrogen-bond donors (Lipinski definition) is 3. The summed E-state index contributed by atoms with van der Waals surface area (Å²) < 4.78 is 1.89. The van der Waals surface area contributed by atoms with Crippen LogP contribution in [-0.2, 0) is 0 Å². The highest BCUT2D eigenvalue weighted by atomic mass is 16.6. The fraction of sp³-hybridized carbons (Fsp3) is 0.292. The average Bonchev–Trinajstić information content (AvgIpc) is 3.66. The Morgan fingerprint density at radius 1 is 1.27 bits per heavy atom. The second-order valence-corrected chi connectivity index (χ2v) is 8.26. The third kappa shape index (κ3) is 3.66. The molecule has 2 heterocycles. The van der Waals surface area contributed by atoms with E-state index in [1.165, 1.54) is 12.1 Å². The lowest BCUT2D eigenvalue weighted by atomic mass is 9.73. The molecular formula is C24H21N6O3+. The first-order valence-electron chi connectivity index (χ1n) is 10.4. The number of aryl methyl sites for hydroxylation is 1. The number of aromatic nitrogens is 1. The summed E-state index contributed by atoms with van der Waals surface area (Å²) in [6.45, 7) is 1.89. The van der Waals surface area contributed by atoms with Crippen LogP contribution in [0.1, 0.15) is 36.1 Å². The predicted molar refractivity (Wildman–Crippen MR) is 117 cm³/mol. The summed E-state index contributed by atoms with van der Waals surface area (Å²) in [7, 11) is 0. The van der Waals surface area contributed by atoms with Crippen LogP contribution in [0.5, 0.6) is 0 Å². The second kappa shape index (κ2) is 8.33. The van der Waals surface area contributed by atoms with Crippen molar-refractivity contribution in [2.75, 3.05) is 0 Å². The zero-order chi connectivity index (χ0) is 23.8. The monoisotopic (exact) mass is 441 g/mol. The number of non-ortho nitro benzene ring substituents is 1. The van der Waals surface area contributed by atoms with Crippen molar-refractivity contribution in [1.82, 2.24) is 5.32 Å². The summed E-state index contributed by atoms with van der Waals surface area (Å²) in [4.78, 5) is 10.7. The highest BCUT2D eigenvalue weighted by Crippen LogP contribution is 2.52. The number of rotatable bonds is 5. The summed E-state index contributed by atoms with van der Waals surface area (Å²) in [6, 6.07) is 14.8. The van der Waals surface area contributed by atoms with Gasteiger partial charge in [-0.2, -0.15) is 15.1 Å². The number of nitro groups is 1. The Kier molecular flexibility index (Phi) is 5.53. The minimum absolute atomic E-state index is 0.0678. The summed E-state index contributed by atoms with van der Waals surface area (Å²) in [5.41, 5.74) is -0.157. The number of nitro benzene ring substituents is 1. The first-order valence-corrected chi connectivity index (χ1v) is 10.4. The third-order valence-corrected chi connectivity index (χ3v) is 6.34. The van der Waals surface area contributed by atoms with E-state index in [1.807, 2.05) is 42.0 Å². The maximum atomic E-state index is 12.1. The van der Waals surface area contributed by atoms with E-state index < -0.39 is 22.6 Å². The zero-order valence-electron chi connectivity index (χ0n) is 17.8. The van der Waals surface area contributed by atoms with Gasteiger partial charge in [0.25, 0.3) is 5.69 Å². The summed E-state index contributed by atoms with van der Waals surface area (Å²) in [6.07, 6.45) is 3.33. The topological polar surface area (TPSA) is 151 Å². The molecule has 33 heavy (non-hydrogen) atoms. The van der Waals surface area contributed by atoms with Gasteiger partial charge in [-0.25, -0.2) is 0 Å². The first kappa shape index (κ1) is 21.9. The van der Waals surface area contributed by atoms with Crippen molar-refractivity contribution >= 4 is 11.6 Å². The van der Waals surface area contributed by atoms with Crippen LogP contribution in [0.2, 0.25) is 0 Å². The SMILES string of the molecule is Cc1cccc[n+]1[C@H]1[C@H](c2ccc([N+](=O)[O-])cc2)C(C#N)=C(C(=C=N)C#N)N[C@@]1(O)C1CC1. The molecule has 0 spiro atoms. The molecule has 0 bridgehead atoms. The normalized spacial score (nSPS) is 24.1. The smallest absolute Gasteiger partial charge is 0.269 e. The molecule has 9 heteroatoms. The molecule has 4 rings (SSSR count). The third-order valence-electron chi connectivity index (χ3n) is 6.34. The molecule has 2 aliphatic rings. The lowest BCUT2D eigenvalue weighted by Crippen LogP contribution is -2.66. The van der Waals surface area contributed by atoms with Crippen molar-refractivity contribution in [2.45, 2.75) is 37.5 Å². The van der Waals surface area contributed by atoms with E-state index in [1.54, 1.807) is 12.1 Å². The molecule has 0 saturated heterocycles. The van der Waals surface area contributed by atoms with Crippen molar-refractivity contribution in [2.24, 2.45) is 5.92 Å². The van der Waals surface area contributed by atoms with Gasteiger partial charge in [0.05, 0.1) is 28.2 Å². The lowest BCUT2D eigenvalue weighted by Gasteiger charge is -2.43. The molecular weight excluding hydrogens is 420 g/mol. The molecule has 0 amide bonds. The summed E-state index contributed by atoms with van der Waals surface area (Å²) in [5, 5.41) is 53.6. The van der Waals surface area contributed by atoms with Gasteiger partial charge < -0.3 is 10.4 Å². The minimum Gasteiger partial charge on any atom is -0.365 e. The Morgan fingerprint density at radius 3 is 2.48 bits per heavy atom. The van der Waals surface area contributed by atoms with Gasteiger partial charge in [0.15, 0.2) is 11.9 Å². The van der Waals surface area contributed by atoms with E-state index in [2.05, 4.69) is 17.3 Å². The highest BCUT2D eigenvalue weighted by Gasteiger charge is 2.61. The van der Waals surface area contributed by atoms with Gasteiger partial charge in [-0.1, -0.05) is 18.2 Å². The van der Waals surface area contributed by atoms with Gasteiger partial charge in [-0.05, 0) is 24.3 Å². The Morgan fingerprint density at radius 2 is 1.97 bits per heavy atom. The van der Waals surface area contributed by atoms with Crippen LogP contribution in [0.15, 0.2) is 65.5 Å². The lowest BCUT2D eigenvalue weighted by molar-refractivity contribution is -0.747. The van der Waals surface area contributed by atoms with E-state index in [0.29, 0.717) is 5.56 Å². The first-order chi connectivity index (χ1) is 15.8. The number of allylic oxidation sites excluding steroid dienone is 2. The molecule has 9 nitrogen and oxygen atoms in total. The number of hydrogen-bond acceptors (Lipinski definition) is 7. The number of benzene rings is 1. The largest absolute Gasteiger partial charge is 0.365 e. The van der Waals surface area contributed by atoms with Crippen LogP contribution in [0.25, 0.3) is 0 Å². The van der Waals surface area contributed by atoms with E-state index in [9.17, 15) is 25.7 Å². The van der Waals surface area contributed by atoms with E-state index in [0.717, 1.165) is 18.5 Å². The van der Waals surface area contributed by atoms with Gasteiger partial charge in [-0.3, -0.25) is 15.5 Å². The molecule has 1 aromatic carbocycles. The standard InChI is InChI=1S/C24H21N6O3/c1-15-4-2-3-11-29(15)23-21(16-5-9-19(10-6-16)30(32)33)20(14-27)22(17(12-25)13-26)28-24(23,31)18-7-8-18/h2-6,9-11,18,21,23,25,28,31H,7-8H2,1H3/q+1/t21-,23+,24-/m1/s1. The summed E-state index contributed by atoms with van der Waals surface area (Å²) >= 11 is 0. The summed E-state index contributed by atoms with van der Waals surface area (Å²) in [5.74, 6) is 1.19. The van der Waals surface area contributed by atoms with Crippen molar-refractivity contribution < 1.29 is 14.6 Å². The van der Waals surface area contributed by atoms with Gasteiger partial charge >= 0.3 is 0 Å². The number of aliphatic hydroxyl groups is 1. The Hall–Kier alpha value is -4.30. The van der Waals surface area contributed by atoms with Gasteiger partial charge in [0, 0.05) is 37.1 Å². The fourth-order valence-corrected chi connectivity index (χ4v) is 4.62. The molecule has 1 aliphatic heterocycles. The predicted octanol–water partition coefficient (Wildman–Crippen LogP) is 2.69. The van der Waals surface area contributed by atoms with E-state index in [-0.39, 0.29) is 28.4 Å².